The van der Waals surface area contributed by atoms with Gasteiger partial charge in [0.25, 0.3) is 0 Å². The Kier molecular flexibility index (Phi) is 7.38. The predicted molar refractivity (Wildman–Crippen MR) is 104 cm³/mol. The molecule has 0 spiro atoms. The molecule has 0 saturated carbocycles. The molecule has 3 rings (SSSR count). The molecular formula is C19H24Cl2N2O2. The summed E-state index contributed by atoms with van der Waals surface area (Å²) in [7, 11) is 3.36. The number of methoxy groups -OCH3 is 2. The van der Waals surface area contributed by atoms with E-state index in [1.54, 1.807) is 14.2 Å². The molecule has 0 aromatic heterocycles. The Bertz CT molecular complexity index is 697. The van der Waals surface area contributed by atoms with E-state index in [2.05, 4.69) is 28.4 Å². The highest BCUT2D eigenvalue weighted by Crippen LogP contribution is 2.34. The fourth-order valence-corrected chi connectivity index (χ4v) is 3.47. The standard InChI is InChI=1S/C19H23ClN2O2.ClH/c1-23-18-8-4-6-15(19(18)24-2)13-22-10-9-21-12-17(22)14-5-3-7-16(20)11-14;/h3-8,11,17,21H,9-10,12-13H2,1-2H3;1H. The maximum absolute atomic E-state index is 6.18. The van der Waals surface area contributed by atoms with Crippen LogP contribution in [0.15, 0.2) is 42.5 Å². The second-order valence-electron chi connectivity index (χ2n) is 5.90. The van der Waals surface area contributed by atoms with E-state index in [0.717, 1.165) is 48.3 Å². The molecule has 1 heterocycles. The molecule has 1 aliphatic heterocycles. The van der Waals surface area contributed by atoms with E-state index >= 15 is 0 Å². The smallest absolute Gasteiger partial charge is 0.165 e. The summed E-state index contributed by atoms with van der Waals surface area (Å²) in [5.74, 6) is 1.58. The van der Waals surface area contributed by atoms with Crippen LogP contribution >= 0.6 is 24.0 Å². The van der Waals surface area contributed by atoms with Gasteiger partial charge in [-0.2, -0.15) is 0 Å². The van der Waals surface area contributed by atoms with Crippen LogP contribution in [0.4, 0.5) is 0 Å². The highest BCUT2D eigenvalue weighted by atomic mass is 35.5. The van der Waals surface area contributed by atoms with Crippen molar-refractivity contribution in [3.8, 4) is 11.5 Å². The average Bonchev–Trinajstić information content (AvgIpc) is 2.62. The lowest BCUT2D eigenvalue weighted by Gasteiger charge is -2.37. The minimum Gasteiger partial charge on any atom is -0.493 e. The molecule has 1 unspecified atom stereocenters. The first-order valence-electron chi connectivity index (χ1n) is 8.13. The highest BCUT2D eigenvalue weighted by Gasteiger charge is 2.25. The Morgan fingerprint density at radius 1 is 1.16 bits per heavy atom. The zero-order valence-corrected chi connectivity index (χ0v) is 16.1. The Hall–Kier alpha value is -1.46. The summed E-state index contributed by atoms with van der Waals surface area (Å²) in [6.45, 7) is 3.66. The van der Waals surface area contributed by atoms with Crippen LogP contribution in [0.25, 0.3) is 0 Å². The topological polar surface area (TPSA) is 33.7 Å². The molecule has 0 aliphatic carbocycles. The van der Waals surface area contributed by atoms with Gasteiger partial charge in [-0.25, -0.2) is 0 Å². The van der Waals surface area contributed by atoms with Crippen molar-refractivity contribution in [2.24, 2.45) is 0 Å². The number of benzene rings is 2. The van der Waals surface area contributed by atoms with Gasteiger partial charge in [0.05, 0.1) is 14.2 Å². The number of ether oxygens (including phenoxy) is 2. The Labute approximate surface area is 160 Å². The summed E-state index contributed by atoms with van der Waals surface area (Å²) in [5.41, 5.74) is 2.36. The Morgan fingerprint density at radius 2 is 1.96 bits per heavy atom. The molecule has 6 heteroatoms. The van der Waals surface area contributed by atoms with Crippen molar-refractivity contribution in [2.75, 3.05) is 33.9 Å². The molecule has 0 amide bonds. The van der Waals surface area contributed by atoms with E-state index in [9.17, 15) is 0 Å². The van der Waals surface area contributed by atoms with E-state index in [-0.39, 0.29) is 18.4 Å². The molecule has 1 atom stereocenters. The molecule has 2 aromatic rings. The van der Waals surface area contributed by atoms with Crippen molar-refractivity contribution in [3.05, 3.63) is 58.6 Å². The van der Waals surface area contributed by atoms with Gasteiger partial charge in [0.15, 0.2) is 11.5 Å². The van der Waals surface area contributed by atoms with Crippen molar-refractivity contribution in [1.29, 1.82) is 0 Å². The molecule has 0 radical (unpaired) electrons. The first-order chi connectivity index (χ1) is 11.7. The quantitative estimate of drug-likeness (QED) is 0.849. The van der Waals surface area contributed by atoms with Crippen molar-refractivity contribution < 1.29 is 9.47 Å². The van der Waals surface area contributed by atoms with Crippen molar-refractivity contribution in [3.63, 3.8) is 0 Å². The van der Waals surface area contributed by atoms with Gasteiger partial charge in [-0.3, -0.25) is 4.90 Å². The molecule has 136 valence electrons. The van der Waals surface area contributed by atoms with Crippen molar-refractivity contribution in [2.45, 2.75) is 12.6 Å². The van der Waals surface area contributed by atoms with E-state index in [1.165, 1.54) is 5.56 Å². The van der Waals surface area contributed by atoms with Gasteiger partial charge >= 0.3 is 0 Å². The number of hydrogen-bond acceptors (Lipinski definition) is 4. The first kappa shape index (κ1) is 19.9. The van der Waals surface area contributed by atoms with E-state index in [4.69, 9.17) is 21.1 Å². The van der Waals surface area contributed by atoms with Gasteiger partial charge in [-0.1, -0.05) is 35.9 Å². The molecule has 2 aromatic carbocycles. The average molecular weight is 383 g/mol. The summed E-state index contributed by atoms with van der Waals surface area (Å²) >= 11 is 6.18. The van der Waals surface area contributed by atoms with Crippen LogP contribution in [0.2, 0.25) is 5.02 Å². The van der Waals surface area contributed by atoms with Crippen LogP contribution in [-0.4, -0.2) is 38.8 Å². The number of rotatable bonds is 5. The summed E-state index contributed by atoms with van der Waals surface area (Å²) in [6.07, 6.45) is 0. The van der Waals surface area contributed by atoms with Crippen LogP contribution in [0.1, 0.15) is 17.2 Å². The third kappa shape index (κ3) is 4.59. The zero-order chi connectivity index (χ0) is 16.9. The predicted octanol–water partition coefficient (Wildman–Crippen LogP) is 3.93. The molecule has 4 nitrogen and oxygen atoms in total. The summed E-state index contributed by atoms with van der Waals surface area (Å²) in [5, 5.41) is 4.25. The minimum atomic E-state index is 0. The second kappa shape index (κ2) is 9.30. The van der Waals surface area contributed by atoms with E-state index < -0.39 is 0 Å². The summed E-state index contributed by atoms with van der Waals surface area (Å²) in [6, 6.07) is 14.4. The molecular weight excluding hydrogens is 359 g/mol. The SMILES string of the molecule is COc1cccc(CN2CCNCC2c2cccc(Cl)c2)c1OC.Cl. The third-order valence-corrected chi connectivity index (χ3v) is 4.68. The van der Waals surface area contributed by atoms with Gasteiger partial charge in [0.2, 0.25) is 0 Å². The maximum atomic E-state index is 6.18. The maximum Gasteiger partial charge on any atom is 0.165 e. The molecule has 0 bridgehead atoms. The minimum absolute atomic E-state index is 0. The normalized spacial score (nSPS) is 17.6. The lowest BCUT2D eigenvalue weighted by atomic mass is 10.0. The third-order valence-electron chi connectivity index (χ3n) is 4.45. The zero-order valence-electron chi connectivity index (χ0n) is 14.5. The fourth-order valence-electron chi connectivity index (χ4n) is 3.28. The Balaban J connectivity index is 0.00000225. The number of para-hydroxylation sites is 1. The van der Waals surface area contributed by atoms with Crippen LogP contribution in [0.3, 0.4) is 0 Å². The number of halogens is 2. The molecule has 1 fully saturated rings. The largest absolute Gasteiger partial charge is 0.493 e. The lowest BCUT2D eigenvalue weighted by molar-refractivity contribution is 0.152. The van der Waals surface area contributed by atoms with Gasteiger partial charge in [0.1, 0.15) is 0 Å². The van der Waals surface area contributed by atoms with E-state index in [0.29, 0.717) is 0 Å². The Morgan fingerprint density at radius 3 is 2.68 bits per heavy atom. The van der Waals surface area contributed by atoms with Crippen LogP contribution in [0, 0.1) is 0 Å². The van der Waals surface area contributed by atoms with Gasteiger partial charge in [-0.15, -0.1) is 12.4 Å². The van der Waals surface area contributed by atoms with Gasteiger partial charge < -0.3 is 14.8 Å². The van der Waals surface area contributed by atoms with Crippen molar-refractivity contribution >= 4 is 24.0 Å². The van der Waals surface area contributed by atoms with Crippen LogP contribution < -0.4 is 14.8 Å². The molecule has 1 aliphatic rings. The van der Waals surface area contributed by atoms with Crippen LogP contribution in [0.5, 0.6) is 11.5 Å². The summed E-state index contributed by atoms with van der Waals surface area (Å²) in [4.78, 5) is 2.46. The fraction of sp³-hybridized carbons (Fsp3) is 0.368. The number of hydrogen-bond donors (Lipinski definition) is 1. The van der Waals surface area contributed by atoms with Gasteiger partial charge in [0, 0.05) is 42.8 Å². The first-order valence-corrected chi connectivity index (χ1v) is 8.51. The monoisotopic (exact) mass is 382 g/mol. The van der Waals surface area contributed by atoms with Crippen molar-refractivity contribution in [1.82, 2.24) is 10.2 Å². The lowest BCUT2D eigenvalue weighted by Crippen LogP contribution is -2.45. The summed E-state index contributed by atoms with van der Waals surface area (Å²) < 4.78 is 11.0. The second-order valence-corrected chi connectivity index (χ2v) is 6.33. The molecule has 1 saturated heterocycles. The number of nitrogens with one attached hydrogen (secondary N) is 1. The van der Waals surface area contributed by atoms with Crippen LogP contribution in [-0.2, 0) is 6.54 Å². The van der Waals surface area contributed by atoms with E-state index in [1.807, 2.05) is 24.3 Å². The number of nitrogens with zero attached hydrogens (tertiary/aromatic N) is 1. The molecule has 1 N–H and O–H groups in total. The highest BCUT2D eigenvalue weighted by molar-refractivity contribution is 6.30. The van der Waals surface area contributed by atoms with Gasteiger partial charge in [-0.05, 0) is 23.8 Å². The number of piperazine rings is 1. The molecule has 25 heavy (non-hydrogen) atoms.